The zero-order chi connectivity index (χ0) is 13.7. The molecule has 108 valence electrons. The zero-order valence-electron chi connectivity index (χ0n) is 12.0. The maximum absolute atomic E-state index is 10.5. The minimum atomic E-state index is -0.565. The van der Waals surface area contributed by atoms with E-state index in [1.807, 2.05) is 10.9 Å². The highest BCUT2D eigenvalue weighted by molar-refractivity contribution is 5.00. The van der Waals surface area contributed by atoms with E-state index in [-0.39, 0.29) is 6.10 Å². The molecule has 0 aliphatic heterocycles. The lowest BCUT2D eigenvalue weighted by Gasteiger charge is -2.31. The number of rotatable bonds is 6. The molecule has 1 aliphatic rings. The summed E-state index contributed by atoms with van der Waals surface area (Å²) < 4.78 is 7.16. The number of aliphatic hydroxyl groups is 1. The normalized spacial score (nSPS) is 20.4. The van der Waals surface area contributed by atoms with Crippen LogP contribution in [0.3, 0.4) is 0 Å². The van der Waals surface area contributed by atoms with Crippen molar-refractivity contribution < 1.29 is 9.84 Å². The smallest absolute Gasteiger partial charge is 0.0855 e. The van der Waals surface area contributed by atoms with Gasteiger partial charge in [-0.1, -0.05) is 31.4 Å². The molecule has 0 spiro atoms. The van der Waals surface area contributed by atoms with E-state index in [1.54, 1.807) is 7.11 Å². The quantitative estimate of drug-likeness (QED) is 0.855. The van der Waals surface area contributed by atoms with Gasteiger partial charge in [0.25, 0.3) is 0 Å². The summed E-state index contributed by atoms with van der Waals surface area (Å²) in [5, 5.41) is 18.8. The molecule has 1 aromatic heterocycles. The van der Waals surface area contributed by atoms with Gasteiger partial charge in [-0.05, 0) is 19.3 Å². The van der Waals surface area contributed by atoms with Crippen LogP contribution in [0.4, 0.5) is 0 Å². The van der Waals surface area contributed by atoms with Gasteiger partial charge in [-0.3, -0.25) is 0 Å². The second kappa shape index (κ2) is 6.48. The minimum Gasteiger partial charge on any atom is -0.389 e. The van der Waals surface area contributed by atoms with E-state index in [1.165, 1.54) is 6.42 Å². The summed E-state index contributed by atoms with van der Waals surface area (Å²) in [6, 6.07) is 0. The van der Waals surface area contributed by atoms with Crippen molar-refractivity contribution in [3.05, 3.63) is 11.9 Å². The lowest BCUT2D eigenvalue weighted by molar-refractivity contribution is 0.00364. The Bertz CT molecular complexity index is 382. The Hall–Kier alpha value is -0.940. The van der Waals surface area contributed by atoms with Crippen molar-refractivity contribution in [2.75, 3.05) is 7.11 Å². The highest BCUT2D eigenvalue weighted by atomic mass is 16.5. The molecule has 1 heterocycles. The summed E-state index contributed by atoms with van der Waals surface area (Å²) in [4.78, 5) is 0. The van der Waals surface area contributed by atoms with E-state index in [9.17, 15) is 5.11 Å². The maximum atomic E-state index is 10.5. The molecule has 1 unspecified atom stereocenters. The summed E-state index contributed by atoms with van der Waals surface area (Å²) >= 11 is 0. The molecule has 19 heavy (non-hydrogen) atoms. The Morgan fingerprint density at radius 2 is 2.16 bits per heavy atom. The van der Waals surface area contributed by atoms with E-state index in [4.69, 9.17) is 4.74 Å². The van der Waals surface area contributed by atoms with Gasteiger partial charge in [0.2, 0.25) is 0 Å². The molecule has 0 radical (unpaired) electrons. The molecule has 1 aromatic rings. The summed E-state index contributed by atoms with van der Waals surface area (Å²) in [5.74, 6) is 0. The lowest BCUT2D eigenvalue weighted by atomic mass is 9.82. The second-order valence-corrected chi connectivity index (χ2v) is 5.66. The van der Waals surface area contributed by atoms with E-state index in [0.717, 1.165) is 44.3 Å². The average Bonchev–Trinajstić information content (AvgIpc) is 2.83. The molecule has 1 aliphatic carbocycles. The van der Waals surface area contributed by atoms with Crippen molar-refractivity contribution in [1.82, 2.24) is 15.0 Å². The van der Waals surface area contributed by atoms with Gasteiger partial charge >= 0.3 is 0 Å². The van der Waals surface area contributed by atoms with Crippen LogP contribution in [0.15, 0.2) is 6.20 Å². The number of hydrogen-bond donors (Lipinski definition) is 1. The number of methoxy groups -OCH3 is 1. The fourth-order valence-corrected chi connectivity index (χ4v) is 2.81. The molecule has 0 saturated heterocycles. The number of hydrogen-bond acceptors (Lipinski definition) is 4. The van der Waals surface area contributed by atoms with Crippen molar-refractivity contribution in [2.45, 2.75) is 70.1 Å². The predicted molar refractivity (Wildman–Crippen MR) is 72.8 cm³/mol. The fraction of sp³-hybridized carbons (Fsp3) is 0.857. The van der Waals surface area contributed by atoms with Crippen molar-refractivity contribution in [1.29, 1.82) is 0 Å². The van der Waals surface area contributed by atoms with E-state index in [2.05, 4.69) is 17.2 Å². The van der Waals surface area contributed by atoms with Crippen LogP contribution in [0.25, 0.3) is 0 Å². The third-order valence-electron chi connectivity index (χ3n) is 4.06. The first-order valence-electron chi connectivity index (χ1n) is 7.29. The topological polar surface area (TPSA) is 60.2 Å². The molecule has 0 bridgehead atoms. The molecule has 1 N–H and O–H groups in total. The summed E-state index contributed by atoms with van der Waals surface area (Å²) in [6.45, 7) is 2.81. The molecular weight excluding hydrogens is 242 g/mol. The molecule has 1 atom stereocenters. The van der Waals surface area contributed by atoms with Gasteiger partial charge in [-0.15, -0.1) is 5.10 Å². The number of ether oxygens (including phenoxy) is 1. The van der Waals surface area contributed by atoms with Gasteiger partial charge in [0.1, 0.15) is 0 Å². The van der Waals surface area contributed by atoms with Gasteiger partial charge in [0.05, 0.1) is 23.9 Å². The Balaban J connectivity index is 1.93. The van der Waals surface area contributed by atoms with Crippen LogP contribution in [0.5, 0.6) is 0 Å². The van der Waals surface area contributed by atoms with Gasteiger partial charge in [-0.25, -0.2) is 4.68 Å². The molecule has 2 rings (SSSR count). The highest BCUT2D eigenvalue weighted by Crippen LogP contribution is 2.30. The number of nitrogens with zero attached hydrogens (tertiary/aromatic N) is 3. The largest absolute Gasteiger partial charge is 0.389 e. The van der Waals surface area contributed by atoms with E-state index < -0.39 is 5.60 Å². The Labute approximate surface area is 115 Å². The van der Waals surface area contributed by atoms with Gasteiger partial charge in [-0.2, -0.15) is 0 Å². The summed E-state index contributed by atoms with van der Waals surface area (Å²) in [7, 11) is 1.72. The first-order valence-corrected chi connectivity index (χ1v) is 7.29. The van der Waals surface area contributed by atoms with Gasteiger partial charge in [0, 0.05) is 19.7 Å². The molecule has 1 saturated carbocycles. The Morgan fingerprint density at radius 3 is 2.79 bits per heavy atom. The van der Waals surface area contributed by atoms with Crippen LogP contribution in [-0.4, -0.2) is 38.9 Å². The predicted octanol–water partition coefficient (Wildman–Crippen LogP) is 1.94. The van der Waals surface area contributed by atoms with Gasteiger partial charge in [0.15, 0.2) is 0 Å². The lowest BCUT2D eigenvalue weighted by Crippen LogP contribution is -2.33. The molecule has 5 heteroatoms. The Morgan fingerprint density at radius 1 is 1.42 bits per heavy atom. The van der Waals surface area contributed by atoms with Crippen LogP contribution in [-0.2, 0) is 17.7 Å². The summed E-state index contributed by atoms with van der Waals surface area (Å²) in [5.41, 5.74) is 0.320. The third kappa shape index (κ3) is 4.01. The number of aromatic nitrogens is 3. The minimum absolute atomic E-state index is 0.173. The van der Waals surface area contributed by atoms with Crippen molar-refractivity contribution in [3.63, 3.8) is 0 Å². The van der Waals surface area contributed by atoms with Crippen LogP contribution < -0.4 is 0 Å². The molecule has 0 amide bonds. The van der Waals surface area contributed by atoms with Crippen LogP contribution >= 0.6 is 0 Å². The van der Waals surface area contributed by atoms with Crippen molar-refractivity contribution in [3.8, 4) is 0 Å². The van der Waals surface area contributed by atoms with E-state index in [0.29, 0.717) is 6.42 Å². The third-order valence-corrected chi connectivity index (χ3v) is 4.06. The monoisotopic (exact) mass is 267 g/mol. The van der Waals surface area contributed by atoms with E-state index >= 15 is 0 Å². The molecule has 5 nitrogen and oxygen atoms in total. The molecular formula is C14H25N3O2. The average molecular weight is 267 g/mol. The second-order valence-electron chi connectivity index (χ2n) is 5.66. The molecule has 0 aromatic carbocycles. The highest BCUT2D eigenvalue weighted by Gasteiger charge is 2.30. The first kappa shape index (κ1) is 14.5. The SMILES string of the molecule is CCC(Cn1cc(CC2(O)CCCCC2)nn1)OC. The maximum Gasteiger partial charge on any atom is 0.0855 e. The van der Waals surface area contributed by atoms with Crippen molar-refractivity contribution in [2.24, 2.45) is 0 Å². The van der Waals surface area contributed by atoms with Crippen LogP contribution in [0.1, 0.15) is 51.1 Å². The van der Waals surface area contributed by atoms with Gasteiger partial charge < -0.3 is 9.84 Å². The van der Waals surface area contributed by atoms with Crippen molar-refractivity contribution >= 4 is 0 Å². The zero-order valence-corrected chi connectivity index (χ0v) is 12.0. The molecule has 1 fully saturated rings. The summed E-state index contributed by atoms with van der Waals surface area (Å²) in [6.07, 6.45) is 8.93. The Kier molecular flexibility index (Phi) is 4.93. The standard InChI is InChI=1S/C14H25N3O2/c1-3-13(19-2)11-17-10-12(15-16-17)9-14(18)7-5-4-6-8-14/h10,13,18H,3-9,11H2,1-2H3. The van der Waals surface area contributed by atoms with Crippen LogP contribution in [0.2, 0.25) is 0 Å². The fourth-order valence-electron chi connectivity index (χ4n) is 2.81. The van der Waals surface area contributed by atoms with Crippen LogP contribution in [0, 0.1) is 0 Å². The first-order chi connectivity index (χ1) is 9.15.